The Labute approximate surface area is 176 Å². The molecule has 2 saturated heterocycles. The highest BCUT2D eigenvalue weighted by Crippen LogP contribution is 2.35. The molecule has 156 valence electrons. The predicted octanol–water partition coefficient (Wildman–Crippen LogP) is 2.18. The summed E-state index contributed by atoms with van der Waals surface area (Å²) in [7, 11) is 0. The lowest BCUT2D eigenvalue weighted by Crippen LogP contribution is -2.54. The Bertz CT molecular complexity index is 809. The normalized spacial score (nSPS) is 19.9. The number of ether oxygens (including phenoxy) is 1. The third kappa shape index (κ3) is 4.82. The molecule has 3 rings (SSSR count). The molecule has 2 fully saturated rings. The molecule has 8 heteroatoms. The summed E-state index contributed by atoms with van der Waals surface area (Å²) in [5.41, 5.74) is 0.834. The Morgan fingerprint density at radius 2 is 1.90 bits per heavy atom. The van der Waals surface area contributed by atoms with Gasteiger partial charge in [-0.05, 0) is 38.0 Å². The monoisotopic (exact) mass is 418 g/mol. The van der Waals surface area contributed by atoms with E-state index in [9.17, 15) is 14.9 Å². The second-order valence-corrected chi connectivity index (χ2v) is 8.39. The largest absolute Gasteiger partial charge is 0.378 e. The number of halogens is 1. The number of amides is 2. The van der Waals surface area contributed by atoms with Gasteiger partial charge in [0.25, 0.3) is 0 Å². The first-order valence-corrected chi connectivity index (χ1v) is 10.3. The average molecular weight is 419 g/mol. The molecule has 29 heavy (non-hydrogen) atoms. The number of nitrogens with one attached hydrogen (secondary N) is 1. The summed E-state index contributed by atoms with van der Waals surface area (Å²) in [4.78, 5) is 29.4. The van der Waals surface area contributed by atoms with Gasteiger partial charge < -0.3 is 19.9 Å². The van der Waals surface area contributed by atoms with E-state index in [0.717, 1.165) is 5.69 Å². The maximum Gasteiger partial charge on any atom is 0.245 e. The number of benzene rings is 1. The number of piperidine rings is 1. The van der Waals surface area contributed by atoms with E-state index in [1.54, 1.807) is 24.0 Å². The highest BCUT2D eigenvalue weighted by molar-refractivity contribution is 6.30. The molecule has 1 atom stereocenters. The Morgan fingerprint density at radius 3 is 2.52 bits per heavy atom. The van der Waals surface area contributed by atoms with Crippen LogP contribution in [0, 0.1) is 16.7 Å². The van der Waals surface area contributed by atoms with Crippen molar-refractivity contribution in [3.05, 3.63) is 28.8 Å². The van der Waals surface area contributed by atoms with Crippen molar-refractivity contribution in [2.45, 2.75) is 32.7 Å². The van der Waals surface area contributed by atoms with E-state index in [-0.39, 0.29) is 11.8 Å². The molecule has 1 aromatic rings. The molecule has 0 saturated carbocycles. The highest BCUT2D eigenvalue weighted by atomic mass is 35.5. The van der Waals surface area contributed by atoms with Crippen molar-refractivity contribution >= 4 is 29.1 Å². The fourth-order valence-electron chi connectivity index (χ4n) is 3.83. The van der Waals surface area contributed by atoms with Gasteiger partial charge in [-0.15, -0.1) is 0 Å². The summed E-state index contributed by atoms with van der Waals surface area (Å²) in [6.45, 7) is 7.20. The van der Waals surface area contributed by atoms with Crippen LogP contribution in [-0.4, -0.2) is 62.1 Å². The summed E-state index contributed by atoms with van der Waals surface area (Å²) >= 11 is 5.99. The molecule has 2 amide bonds. The number of rotatable bonds is 4. The molecule has 1 N–H and O–H groups in total. The van der Waals surface area contributed by atoms with Gasteiger partial charge in [-0.3, -0.25) is 9.59 Å². The van der Waals surface area contributed by atoms with Gasteiger partial charge in [0.05, 0.1) is 24.5 Å². The van der Waals surface area contributed by atoms with Gasteiger partial charge >= 0.3 is 0 Å². The number of anilines is 1. The lowest BCUT2D eigenvalue weighted by Gasteiger charge is -2.40. The molecule has 0 spiro atoms. The summed E-state index contributed by atoms with van der Waals surface area (Å²) < 4.78 is 5.28. The van der Waals surface area contributed by atoms with Crippen LogP contribution in [0.5, 0.6) is 0 Å². The van der Waals surface area contributed by atoms with Crippen molar-refractivity contribution in [2.24, 2.45) is 5.41 Å². The zero-order valence-corrected chi connectivity index (χ0v) is 17.7. The number of carbonyl (C=O) groups excluding carboxylic acids is 2. The fraction of sp³-hybridized carbons (Fsp3) is 0.571. The van der Waals surface area contributed by atoms with E-state index in [2.05, 4.69) is 16.3 Å². The minimum atomic E-state index is -0.558. The van der Waals surface area contributed by atoms with E-state index in [4.69, 9.17) is 16.3 Å². The summed E-state index contributed by atoms with van der Waals surface area (Å²) in [6.07, 6.45) is 1.29. The number of nitriles is 1. The second kappa shape index (κ2) is 9.02. The topological polar surface area (TPSA) is 85.7 Å². The minimum absolute atomic E-state index is 0.0671. The van der Waals surface area contributed by atoms with Crippen LogP contribution in [0.25, 0.3) is 0 Å². The maximum atomic E-state index is 12.9. The van der Waals surface area contributed by atoms with Crippen molar-refractivity contribution in [3.8, 4) is 6.07 Å². The van der Waals surface area contributed by atoms with Crippen LogP contribution >= 0.6 is 11.6 Å². The zero-order chi connectivity index (χ0) is 21.0. The Kier molecular flexibility index (Phi) is 6.66. The standard InChI is InChI=1S/C21H27ClN4O3/c1-15(19(27)26-9-11-29-12-10-26)24-20(28)21(2)5-7-25(8-6-21)18-4-3-17(22)13-16(18)14-23/h3-4,13,15H,5-12H2,1-2H3,(H,24,28). The van der Waals surface area contributed by atoms with Gasteiger partial charge in [-0.25, -0.2) is 0 Å². The molecule has 0 radical (unpaired) electrons. The second-order valence-electron chi connectivity index (χ2n) is 7.95. The average Bonchev–Trinajstić information content (AvgIpc) is 2.74. The molecule has 2 aliphatic heterocycles. The number of hydrogen-bond acceptors (Lipinski definition) is 5. The Morgan fingerprint density at radius 1 is 1.24 bits per heavy atom. The van der Waals surface area contributed by atoms with Crippen LogP contribution in [0.3, 0.4) is 0 Å². The van der Waals surface area contributed by atoms with E-state index in [1.165, 1.54) is 0 Å². The molecule has 0 aromatic heterocycles. The third-order valence-corrected chi connectivity index (χ3v) is 6.11. The van der Waals surface area contributed by atoms with Gasteiger partial charge in [-0.2, -0.15) is 5.26 Å². The first-order chi connectivity index (χ1) is 13.8. The third-order valence-electron chi connectivity index (χ3n) is 5.88. The van der Waals surface area contributed by atoms with Crippen molar-refractivity contribution in [1.29, 1.82) is 5.26 Å². The van der Waals surface area contributed by atoms with E-state index >= 15 is 0 Å². The van der Waals surface area contributed by atoms with Gasteiger partial charge in [0.2, 0.25) is 11.8 Å². The number of hydrogen-bond donors (Lipinski definition) is 1. The van der Waals surface area contributed by atoms with Crippen LogP contribution in [-0.2, 0) is 14.3 Å². The Hall–Kier alpha value is -2.30. The number of nitrogens with zero attached hydrogens (tertiary/aromatic N) is 3. The lowest BCUT2D eigenvalue weighted by atomic mass is 9.79. The minimum Gasteiger partial charge on any atom is -0.378 e. The molecular formula is C21H27ClN4O3. The fourth-order valence-corrected chi connectivity index (χ4v) is 4.00. The van der Waals surface area contributed by atoms with E-state index in [0.29, 0.717) is 62.8 Å². The smallest absolute Gasteiger partial charge is 0.245 e. The maximum absolute atomic E-state index is 12.9. The van der Waals surface area contributed by atoms with Crippen LogP contribution in [0.4, 0.5) is 5.69 Å². The summed E-state index contributed by atoms with van der Waals surface area (Å²) in [5, 5.41) is 12.8. The molecule has 0 aliphatic carbocycles. The molecule has 1 unspecified atom stereocenters. The first-order valence-electron chi connectivity index (χ1n) is 9.96. The molecule has 2 heterocycles. The van der Waals surface area contributed by atoms with Crippen molar-refractivity contribution in [1.82, 2.24) is 10.2 Å². The number of morpholine rings is 1. The van der Waals surface area contributed by atoms with Gasteiger partial charge in [0.1, 0.15) is 12.1 Å². The predicted molar refractivity (Wildman–Crippen MR) is 111 cm³/mol. The van der Waals surface area contributed by atoms with Gasteiger partial charge in [-0.1, -0.05) is 18.5 Å². The van der Waals surface area contributed by atoms with Crippen molar-refractivity contribution in [2.75, 3.05) is 44.3 Å². The molecular weight excluding hydrogens is 392 g/mol. The van der Waals surface area contributed by atoms with E-state index < -0.39 is 11.5 Å². The van der Waals surface area contributed by atoms with Gasteiger partial charge in [0, 0.05) is 36.6 Å². The SMILES string of the molecule is CC(NC(=O)C1(C)CCN(c2ccc(Cl)cc2C#N)CC1)C(=O)N1CCOCC1. The van der Waals surface area contributed by atoms with Crippen LogP contribution in [0.2, 0.25) is 5.02 Å². The van der Waals surface area contributed by atoms with Crippen molar-refractivity contribution in [3.63, 3.8) is 0 Å². The first kappa shape index (κ1) is 21.4. The lowest BCUT2D eigenvalue weighted by molar-refractivity contribution is -0.141. The van der Waals surface area contributed by atoms with Crippen LogP contribution in [0.15, 0.2) is 18.2 Å². The molecule has 1 aromatic carbocycles. The Balaban J connectivity index is 1.59. The molecule has 2 aliphatic rings. The van der Waals surface area contributed by atoms with Crippen molar-refractivity contribution < 1.29 is 14.3 Å². The van der Waals surface area contributed by atoms with Crippen LogP contribution in [0.1, 0.15) is 32.3 Å². The summed E-state index contributed by atoms with van der Waals surface area (Å²) in [5.74, 6) is -0.162. The highest BCUT2D eigenvalue weighted by Gasteiger charge is 2.38. The quantitative estimate of drug-likeness (QED) is 0.809. The molecule has 7 nitrogen and oxygen atoms in total. The zero-order valence-electron chi connectivity index (χ0n) is 16.9. The van der Waals surface area contributed by atoms with E-state index in [1.807, 2.05) is 13.0 Å². The summed E-state index contributed by atoms with van der Waals surface area (Å²) in [6, 6.07) is 6.92. The van der Waals surface area contributed by atoms with Gasteiger partial charge in [0.15, 0.2) is 0 Å². The van der Waals surface area contributed by atoms with Crippen LogP contribution < -0.4 is 10.2 Å². The number of carbonyl (C=O) groups is 2. The molecule has 0 bridgehead atoms.